The van der Waals surface area contributed by atoms with Gasteiger partial charge in [0.25, 0.3) is 0 Å². The van der Waals surface area contributed by atoms with E-state index in [2.05, 4.69) is 0 Å². The number of thioether (sulfide) groups is 1. The van der Waals surface area contributed by atoms with Crippen molar-refractivity contribution in [3.63, 3.8) is 0 Å². The quantitative estimate of drug-likeness (QED) is 0.631. The van der Waals surface area contributed by atoms with Crippen LogP contribution in [0.2, 0.25) is 10.0 Å². The highest BCUT2D eigenvalue weighted by Crippen LogP contribution is 2.43. The number of halogens is 2. The SMILES string of the molecule is CCOC(=O)C1CSC(c2ccc(Cl)cc2Cl)C1=O. The van der Waals surface area contributed by atoms with Crippen LogP contribution in [0.3, 0.4) is 0 Å². The van der Waals surface area contributed by atoms with E-state index >= 15 is 0 Å². The number of ether oxygens (including phenoxy) is 1. The molecule has 0 N–H and O–H groups in total. The summed E-state index contributed by atoms with van der Waals surface area (Å²) < 4.78 is 4.90. The van der Waals surface area contributed by atoms with Gasteiger partial charge in [-0.25, -0.2) is 0 Å². The lowest BCUT2D eigenvalue weighted by Crippen LogP contribution is -2.25. The number of carbonyl (C=O) groups is 2. The molecule has 1 heterocycles. The second-order valence-electron chi connectivity index (χ2n) is 4.09. The third-order valence-electron chi connectivity index (χ3n) is 2.85. The molecule has 1 saturated heterocycles. The Morgan fingerprint density at radius 1 is 1.47 bits per heavy atom. The molecule has 0 bridgehead atoms. The predicted molar refractivity (Wildman–Crippen MR) is 76.8 cm³/mol. The molecule has 0 amide bonds. The molecular formula is C13H12Cl2O3S. The average Bonchev–Trinajstić information content (AvgIpc) is 2.72. The summed E-state index contributed by atoms with van der Waals surface area (Å²) in [7, 11) is 0. The topological polar surface area (TPSA) is 43.4 Å². The number of hydrogen-bond donors (Lipinski definition) is 0. The molecule has 0 aliphatic carbocycles. The van der Waals surface area contributed by atoms with Crippen LogP contribution in [-0.2, 0) is 14.3 Å². The van der Waals surface area contributed by atoms with Crippen molar-refractivity contribution in [3.8, 4) is 0 Å². The van der Waals surface area contributed by atoms with Gasteiger partial charge in [0.05, 0.1) is 11.9 Å². The van der Waals surface area contributed by atoms with Crippen LogP contribution in [-0.4, -0.2) is 24.1 Å². The minimum Gasteiger partial charge on any atom is -0.465 e. The van der Waals surface area contributed by atoms with Gasteiger partial charge in [0.2, 0.25) is 0 Å². The lowest BCUT2D eigenvalue weighted by molar-refractivity contribution is -0.150. The van der Waals surface area contributed by atoms with E-state index < -0.39 is 17.1 Å². The second kappa shape index (κ2) is 6.16. The summed E-state index contributed by atoms with van der Waals surface area (Å²) in [6, 6.07) is 5.02. The molecule has 0 aromatic heterocycles. The largest absolute Gasteiger partial charge is 0.465 e. The van der Waals surface area contributed by atoms with Crippen molar-refractivity contribution in [1.82, 2.24) is 0 Å². The Labute approximate surface area is 125 Å². The van der Waals surface area contributed by atoms with Crippen LogP contribution in [0.25, 0.3) is 0 Å². The third-order valence-corrected chi connectivity index (χ3v) is 4.76. The lowest BCUT2D eigenvalue weighted by Gasteiger charge is -2.11. The normalized spacial score (nSPS) is 22.6. The minimum atomic E-state index is -0.693. The number of ketones is 1. The summed E-state index contributed by atoms with van der Waals surface area (Å²) in [5, 5.41) is 0.549. The first-order valence-corrected chi connectivity index (χ1v) is 7.62. The molecule has 1 aliphatic heterocycles. The molecule has 2 atom stereocenters. The first-order chi connectivity index (χ1) is 9.04. The van der Waals surface area contributed by atoms with Crippen molar-refractivity contribution in [3.05, 3.63) is 33.8 Å². The van der Waals surface area contributed by atoms with Gasteiger partial charge in [-0.2, -0.15) is 0 Å². The molecule has 6 heteroatoms. The first-order valence-electron chi connectivity index (χ1n) is 5.81. The molecule has 0 saturated carbocycles. The molecule has 3 nitrogen and oxygen atoms in total. The molecule has 1 fully saturated rings. The van der Waals surface area contributed by atoms with Gasteiger partial charge in [-0.15, -0.1) is 11.8 Å². The minimum absolute atomic E-state index is 0.146. The highest BCUT2D eigenvalue weighted by Gasteiger charge is 2.41. The maximum absolute atomic E-state index is 12.2. The van der Waals surface area contributed by atoms with E-state index in [9.17, 15) is 9.59 Å². The van der Waals surface area contributed by atoms with Crippen LogP contribution >= 0.6 is 35.0 Å². The van der Waals surface area contributed by atoms with Crippen molar-refractivity contribution < 1.29 is 14.3 Å². The molecule has 1 aromatic rings. The molecule has 102 valence electrons. The molecule has 1 aliphatic rings. The first kappa shape index (κ1) is 14.7. The molecule has 19 heavy (non-hydrogen) atoms. The third kappa shape index (κ3) is 3.07. The molecule has 1 aromatic carbocycles. The van der Waals surface area contributed by atoms with E-state index in [1.54, 1.807) is 25.1 Å². The van der Waals surface area contributed by atoms with E-state index in [1.807, 2.05) is 0 Å². The Balaban J connectivity index is 2.20. The molecule has 0 radical (unpaired) electrons. The maximum Gasteiger partial charge on any atom is 0.317 e. The van der Waals surface area contributed by atoms with E-state index in [4.69, 9.17) is 27.9 Å². The maximum atomic E-state index is 12.2. The smallest absolute Gasteiger partial charge is 0.317 e. The van der Waals surface area contributed by atoms with Gasteiger partial charge in [0.1, 0.15) is 5.92 Å². The van der Waals surface area contributed by atoms with Gasteiger partial charge in [-0.1, -0.05) is 29.3 Å². The predicted octanol–water partition coefficient (Wildman–Crippen LogP) is 3.53. The fraction of sp³-hybridized carbons (Fsp3) is 0.385. The number of benzene rings is 1. The fourth-order valence-electron chi connectivity index (χ4n) is 1.92. The number of rotatable bonds is 3. The fourth-order valence-corrected chi connectivity index (χ4v) is 3.90. The van der Waals surface area contributed by atoms with Crippen molar-refractivity contribution in [2.45, 2.75) is 12.2 Å². The van der Waals surface area contributed by atoms with Gasteiger partial charge in [-0.3, -0.25) is 9.59 Å². The van der Waals surface area contributed by atoms with Crippen LogP contribution in [0.5, 0.6) is 0 Å². The summed E-state index contributed by atoms with van der Waals surface area (Å²) in [6.07, 6.45) is 0. The molecule has 2 rings (SSSR count). The number of esters is 1. The number of Topliss-reactive ketones (excluding diaryl/α,β-unsaturated/α-hetero) is 1. The standard InChI is InChI=1S/C13H12Cl2O3S/c1-2-18-13(17)9-6-19-12(11(9)16)8-4-3-7(14)5-10(8)15/h3-5,9,12H,2,6H2,1H3. The highest BCUT2D eigenvalue weighted by molar-refractivity contribution is 8.00. The Bertz CT molecular complexity index is 519. The number of carbonyl (C=O) groups excluding carboxylic acids is 2. The zero-order valence-corrected chi connectivity index (χ0v) is 12.5. The van der Waals surface area contributed by atoms with Gasteiger partial charge in [0, 0.05) is 15.8 Å². The monoisotopic (exact) mass is 318 g/mol. The van der Waals surface area contributed by atoms with Crippen LogP contribution in [0.15, 0.2) is 18.2 Å². The highest BCUT2D eigenvalue weighted by atomic mass is 35.5. The zero-order valence-electron chi connectivity index (χ0n) is 10.2. The van der Waals surface area contributed by atoms with Crippen LogP contribution in [0, 0.1) is 5.92 Å². The molecular weight excluding hydrogens is 307 g/mol. The van der Waals surface area contributed by atoms with Crippen LogP contribution in [0.4, 0.5) is 0 Å². The van der Waals surface area contributed by atoms with E-state index in [1.165, 1.54) is 11.8 Å². The molecule has 2 unspecified atom stereocenters. The Hall–Kier alpha value is -0.710. The molecule has 0 spiro atoms. The summed E-state index contributed by atoms with van der Waals surface area (Å²) in [6.45, 7) is 2.00. The van der Waals surface area contributed by atoms with E-state index in [-0.39, 0.29) is 12.4 Å². The Morgan fingerprint density at radius 3 is 2.84 bits per heavy atom. The lowest BCUT2D eigenvalue weighted by atomic mass is 9.99. The van der Waals surface area contributed by atoms with Gasteiger partial charge in [0.15, 0.2) is 5.78 Å². The van der Waals surface area contributed by atoms with Crippen LogP contribution in [0.1, 0.15) is 17.7 Å². The summed E-state index contributed by atoms with van der Waals surface area (Å²) in [5.74, 6) is -0.858. The zero-order chi connectivity index (χ0) is 14.0. The van der Waals surface area contributed by atoms with Crippen molar-refractivity contribution in [1.29, 1.82) is 0 Å². The number of hydrogen-bond acceptors (Lipinski definition) is 4. The average molecular weight is 319 g/mol. The van der Waals surface area contributed by atoms with Gasteiger partial charge in [-0.05, 0) is 24.6 Å². The van der Waals surface area contributed by atoms with Crippen molar-refractivity contribution in [2.24, 2.45) is 5.92 Å². The Morgan fingerprint density at radius 2 is 2.21 bits per heavy atom. The van der Waals surface area contributed by atoms with E-state index in [0.29, 0.717) is 21.4 Å². The summed E-state index contributed by atoms with van der Waals surface area (Å²) >= 11 is 13.3. The summed E-state index contributed by atoms with van der Waals surface area (Å²) in [5.41, 5.74) is 0.702. The van der Waals surface area contributed by atoms with Gasteiger partial charge >= 0.3 is 5.97 Å². The second-order valence-corrected chi connectivity index (χ2v) is 6.07. The van der Waals surface area contributed by atoms with E-state index in [0.717, 1.165) is 0 Å². The van der Waals surface area contributed by atoms with Crippen molar-refractivity contribution >= 4 is 46.7 Å². The van der Waals surface area contributed by atoms with Crippen LogP contribution < -0.4 is 0 Å². The van der Waals surface area contributed by atoms with Gasteiger partial charge < -0.3 is 4.74 Å². The van der Waals surface area contributed by atoms with Crippen molar-refractivity contribution in [2.75, 3.05) is 12.4 Å². The summed E-state index contributed by atoms with van der Waals surface area (Å²) in [4.78, 5) is 23.9. The Kier molecular flexibility index (Phi) is 4.76.